The molecule has 0 spiro atoms. The van der Waals surface area contributed by atoms with Crippen LogP contribution < -0.4 is 5.73 Å². The number of rotatable bonds is 4. The van der Waals surface area contributed by atoms with Crippen LogP contribution in [0, 0.1) is 5.92 Å². The van der Waals surface area contributed by atoms with Gasteiger partial charge in [0.1, 0.15) is 0 Å². The first-order chi connectivity index (χ1) is 7.81. The van der Waals surface area contributed by atoms with Crippen molar-refractivity contribution in [3.63, 3.8) is 0 Å². The summed E-state index contributed by atoms with van der Waals surface area (Å²) in [5, 5.41) is 0. The minimum Gasteiger partial charge on any atom is -0.383 e. The van der Waals surface area contributed by atoms with Crippen LogP contribution in [0.1, 0.15) is 38.5 Å². The molecule has 1 aliphatic heterocycles. The minimum atomic E-state index is 0.186. The molecule has 0 aromatic carbocycles. The third kappa shape index (κ3) is 2.96. The summed E-state index contributed by atoms with van der Waals surface area (Å²) in [6.07, 6.45) is 8.50. The third-order valence-electron chi connectivity index (χ3n) is 4.21. The molecular weight excluding hydrogens is 200 g/mol. The zero-order chi connectivity index (χ0) is 11.4. The predicted molar refractivity (Wildman–Crippen MR) is 66.4 cm³/mol. The lowest BCUT2D eigenvalue weighted by atomic mass is 9.78. The topological polar surface area (TPSA) is 38.5 Å². The number of piperidine rings is 1. The number of methoxy groups -OCH3 is 1. The van der Waals surface area contributed by atoms with Crippen molar-refractivity contribution in [2.24, 2.45) is 11.7 Å². The van der Waals surface area contributed by atoms with Crippen molar-refractivity contribution in [2.75, 3.05) is 26.8 Å². The number of hydrogen-bond donors (Lipinski definition) is 1. The fraction of sp³-hybridized carbons (Fsp3) is 1.00. The van der Waals surface area contributed by atoms with Crippen molar-refractivity contribution in [3.8, 4) is 0 Å². The number of hydrogen-bond acceptors (Lipinski definition) is 3. The van der Waals surface area contributed by atoms with Crippen molar-refractivity contribution in [1.82, 2.24) is 4.90 Å². The lowest BCUT2D eigenvalue weighted by Crippen LogP contribution is -2.51. The molecule has 0 bridgehead atoms. The van der Waals surface area contributed by atoms with Gasteiger partial charge in [-0.25, -0.2) is 0 Å². The average Bonchev–Trinajstić information content (AvgIpc) is 2.30. The van der Waals surface area contributed by atoms with E-state index in [1.807, 2.05) is 0 Å². The number of fused-ring (bicyclic) bond motifs is 1. The first kappa shape index (κ1) is 12.3. The Morgan fingerprint density at radius 1 is 1.25 bits per heavy atom. The smallest absolute Gasteiger partial charge is 0.0626 e. The van der Waals surface area contributed by atoms with E-state index in [1.165, 1.54) is 45.1 Å². The Hall–Kier alpha value is -0.120. The summed E-state index contributed by atoms with van der Waals surface area (Å²) in [7, 11) is 1.74. The summed E-state index contributed by atoms with van der Waals surface area (Å²) in [6.45, 7) is 2.96. The molecule has 3 atom stereocenters. The molecule has 2 fully saturated rings. The van der Waals surface area contributed by atoms with Crippen molar-refractivity contribution in [2.45, 2.75) is 50.6 Å². The van der Waals surface area contributed by atoms with Crippen LogP contribution in [-0.4, -0.2) is 43.8 Å². The Bertz CT molecular complexity index is 208. The van der Waals surface area contributed by atoms with Gasteiger partial charge < -0.3 is 10.5 Å². The van der Waals surface area contributed by atoms with E-state index in [-0.39, 0.29) is 6.04 Å². The normalized spacial score (nSPS) is 33.4. The van der Waals surface area contributed by atoms with Crippen molar-refractivity contribution < 1.29 is 4.74 Å². The highest BCUT2D eigenvalue weighted by Crippen LogP contribution is 2.35. The molecule has 3 unspecified atom stereocenters. The predicted octanol–water partition coefficient (Wildman–Crippen LogP) is 1.61. The largest absolute Gasteiger partial charge is 0.383 e. The Labute approximate surface area is 99.3 Å². The first-order valence-corrected chi connectivity index (χ1v) is 6.80. The van der Waals surface area contributed by atoms with E-state index in [2.05, 4.69) is 4.90 Å². The molecule has 0 amide bonds. The van der Waals surface area contributed by atoms with Gasteiger partial charge >= 0.3 is 0 Å². The monoisotopic (exact) mass is 226 g/mol. The van der Waals surface area contributed by atoms with E-state index in [1.54, 1.807) is 7.11 Å². The maximum atomic E-state index is 6.07. The van der Waals surface area contributed by atoms with Crippen LogP contribution in [-0.2, 0) is 4.74 Å². The first-order valence-electron chi connectivity index (χ1n) is 6.80. The fourth-order valence-corrected chi connectivity index (χ4v) is 3.52. The van der Waals surface area contributed by atoms with Crippen LogP contribution in [0.25, 0.3) is 0 Å². The average molecular weight is 226 g/mol. The van der Waals surface area contributed by atoms with E-state index in [4.69, 9.17) is 10.5 Å². The van der Waals surface area contributed by atoms with Crippen LogP contribution in [0.15, 0.2) is 0 Å². The second-order valence-electron chi connectivity index (χ2n) is 5.46. The van der Waals surface area contributed by atoms with E-state index in [0.29, 0.717) is 6.61 Å². The summed E-state index contributed by atoms with van der Waals surface area (Å²) >= 11 is 0. The molecular formula is C13H26N2O. The van der Waals surface area contributed by atoms with Crippen molar-refractivity contribution in [1.29, 1.82) is 0 Å². The lowest BCUT2D eigenvalue weighted by Gasteiger charge is -2.45. The molecule has 1 aliphatic carbocycles. The van der Waals surface area contributed by atoms with Gasteiger partial charge in [0.15, 0.2) is 0 Å². The molecule has 2 rings (SSSR count). The van der Waals surface area contributed by atoms with E-state index < -0.39 is 0 Å². The van der Waals surface area contributed by atoms with Gasteiger partial charge in [0.25, 0.3) is 0 Å². The number of likely N-dealkylation sites (tertiary alicyclic amines) is 1. The maximum Gasteiger partial charge on any atom is 0.0626 e. The second kappa shape index (κ2) is 5.99. The lowest BCUT2D eigenvalue weighted by molar-refractivity contribution is 0.0468. The highest BCUT2D eigenvalue weighted by molar-refractivity contribution is 4.88. The van der Waals surface area contributed by atoms with Crippen molar-refractivity contribution >= 4 is 0 Å². The second-order valence-corrected chi connectivity index (χ2v) is 5.46. The Morgan fingerprint density at radius 3 is 2.81 bits per heavy atom. The number of nitrogens with zero attached hydrogens (tertiary/aromatic N) is 1. The Balaban J connectivity index is 1.87. The molecule has 3 nitrogen and oxygen atoms in total. The molecule has 0 aromatic rings. The van der Waals surface area contributed by atoms with Crippen LogP contribution in [0.4, 0.5) is 0 Å². The van der Waals surface area contributed by atoms with Gasteiger partial charge in [-0.15, -0.1) is 0 Å². The van der Waals surface area contributed by atoms with Gasteiger partial charge in [-0.3, -0.25) is 4.90 Å². The zero-order valence-corrected chi connectivity index (χ0v) is 10.5. The van der Waals surface area contributed by atoms with Crippen LogP contribution in [0.5, 0.6) is 0 Å². The molecule has 0 aromatic heterocycles. The van der Waals surface area contributed by atoms with E-state index >= 15 is 0 Å². The van der Waals surface area contributed by atoms with Gasteiger partial charge in [-0.05, 0) is 38.1 Å². The Kier molecular flexibility index (Phi) is 4.62. The van der Waals surface area contributed by atoms with Crippen LogP contribution in [0.3, 0.4) is 0 Å². The molecule has 3 heteroatoms. The standard InChI is InChI=1S/C13H26N2O/c1-16-10-12(14)9-15-8-4-6-11-5-2-3-7-13(11)15/h11-13H,2-10,14H2,1H3. The molecule has 2 aliphatic rings. The van der Waals surface area contributed by atoms with E-state index in [0.717, 1.165) is 18.5 Å². The molecule has 1 saturated carbocycles. The van der Waals surface area contributed by atoms with Gasteiger partial charge in [0.05, 0.1) is 6.61 Å². The maximum absolute atomic E-state index is 6.07. The molecule has 2 N–H and O–H groups in total. The van der Waals surface area contributed by atoms with Gasteiger partial charge in [0, 0.05) is 25.7 Å². The fourth-order valence-electron chi connectivity index (χ4n) is 3.52. The molecule has 94 valence electrons. The van der Waals surface area contributed by atoms with Crippen LogP contribution >= 0.6 is 0 Å². The van der Waals surface area contributed by atoms with Crippen molar-refractivity contribution in [3.05, 3.63) is 0 Å². The van der Waals surface area contributed by atoms with Gasteiger partial charge in [-0.1, -0.05) is 12.8 Å². The molecule has 1 heterocycles. The van der Waals surface area contributed by atoms with Crippen LogP contribution in [0.2, 0.25) is 0 Å². The summed E-state index contributed by atoms with van der Waals surface area (Å²) in [5.41, 5.74) is 6.07. The molecule has 16 heavy (non-hydrogen) atoms. The van der Waals surface area contributed by atoms with Gasteiger partial charge in [0.2, 0.25) is 0 Å². The summed E-state index contributed by atoms with van der Waals surface area (Å²) < 4.78 is 5.13. The summed E-state index contributed by atoms with van der Waals surface area (Å²) in [4.78, 5) is 2.64. The highest BCUT2D eigenvalue weighted by atomic mass is 16.5. The Morgan fingerprint density at radius 2 is 2.00 bits per heavy atom. The SMILES string of the molecule is COCC(N)CN1CCCC2CCCCC21. The zero-order valence-electron chi connectivity index (χ0n) is 10.5. The van der Waals surface area contributed by atoms with Gasteiger partial charge in [-0.2, -0.15) is 0 Å². The minimum absolute atomic E-state index is 0.186. The quantitative estimate of drug-likeness (QED) is 0.791. The highest BCUT2D eigenvalue weighted by Gasteiger charge is 2.33. The molecule has 0 radical (unpaired) electrons. The number of nitrogens with two attached hydrogens (primary N) is 1. The molecule has 1 saturated heterocycles. The van der Waals surface area contributed by atoms with E-state index in [9.17, 15) is 0 Å². The third-order valence-corrected chi connectivity index (χ3v) is 4.21. The number of ether oxygens (including phenoxy) is 1. The summed E-state index contributed by atoms with van der Waals surface area (Å²) in [5.74, 6) is 0.956. The summed E-state index contributed by atoms with van der Waals surface area (Å²) in [6, 6.07) is 1.01.